The predicted octanol–water partition coefficient (Wildman–Crippen LogP) is 4.31. The number of aromatic nitrogens is 2. The van der Waals surface area contributed by atoms with E-state index in [1.807, 2.05) is 35.2 Å². The fourth-order valence-corrected chi connectivity index (χ4v) is 3.43. The molecule has 2 heterocycles. The van der Waals surface area contributed by atoms with Crippen LogP contribution in [0.15, 0.2) is 30.3 Å². The van der Waals surface area contributed by atoms with E-state index in [4.69, 9.17) is 9.97 Å². The minimum Gasteiger partial charge on any atom is -0.357 e. The average molecular weight is 381 g/mol. The Labute approximate surface area is 168 Å². The Hall–Kier alpha value is -2.43. The van der Waals surface area contributed by atoms with Gasteiger partial charge in [0.25, 0.3) is 0 Å². The number of fused-ring (bicyclic) bond motifs is 1. The highest BCUT2D eigenvalue weighted by Gasteiger charge is 2.29. The van der Waals surface area contributed by atoms with Crippen LogP contribution < -0.4 is 4.90 Å². The van der Waals surface area contributed by atoms with Crippen molar-refractivity contribution in [1.29, 1.82) is 0 Å². The molecule has 1 aromatic carbocycles. The summed E-state index contributed by atoms with van der Waals surface area (Å²) in [6.45, 7) is 11.9. The second kappa shape index (κ2) is 7.90. The van der Waals surface area contributed by atoms with Gasteiger partial charge in [-0.05, 0) is 19.3 Å². The van der Waals surface area contributed by atoms with Crippen LogP contribution >= 0.6 is 0 Å². The van der Waals surface area contributed by atoms with Gasteiger partial charge in [-0.1, -0.05) is 51.1 Å². The summed E-state index contributed by atoms with van der Waals surface area (Å²) in [7, 11) is 2.07. The van der Waals surface area contributed by atoms with Gasteiger partial charge in [0.2, 0.25) is 5.91 Å². The number of nitrogens with zero attached hydrogens (tertiary/aromatic N) is 4. The second-order valence-electron chi connectivity index (χ2n) is 9.17. The first-order chi connectivity index (χ1) is 13.2. The van der Waals surface area contributed by atoms with E-state index in [0.717, 1.165) is 41.4 Å². The number of rotatable bonds is 4. The van der Waals surface area contributed by atoms with Crippen LogP contribution in [0.2, 0.25) is 0 Å². The first-order valence-electron chi connectivity index (χ1n) is 10.1. The van der Waals surface area contributed by atoms with E-state index < -0.39 is 0 Å². The molecule has 28 heavy (non-hydrogen) atoms. The Kier molecular flexibility index (Phi) is 5.73. The van der Waals surface area contributed by atoms with E-state index in [1.165, 1.54) is 0 Å². The summed E-state index contributed by atoms with van der Waals surface area (Å²) < 4.78 is 0. The molecule has 1 aliphatic heterocycles. The third kappa shape index (κ3) is 4.51. The molecule has 0 spiro atoms. The lowest BCUT2D eigenvalue weighted by Gasteiger charge is -2.34. The third-order valence-corrected chi connectivity index (χ3v) is 5.21. The molecule has 0 bridgehead atoms. The van der Waals surface area contributed by atoms with Gasteiger partial charge in [-0.2, -0.15) is 0 Å². The molecular weight excluding hydrogens is 348 g/mol. The van der Waals surface area contributed by atoms with Gasteiger partial charge in [-0.25, -0.2) is 9.97 Å². The first-order valence-corrected chi connectivity index (χ1v) is 10.1. The summed E-state index contributed by atoms with van der Waals surface area (Å²) in [4.78, 5) is 26.8. The summed E-state index contributed by atoms with van der Waals surface area (Å²) in [5, 5.41) is 0. The monoisotopic (exact) mass is 380 g/mol. The van der Waals surface area contributed by atoms with Gasteiger partial charge < -0.3 is 9.80 Å². The fourth-order valence-electron chi connectivity index (χ4n) is 3.43. The molecule has 0 radical (unpaired) electrons. The maximum absolute atomic E-state index is 12.8. The number of hydrogen-bond donors (Lipinski definition) is 0. The SMILES string of the molecule is CC(C)N(C)c1nc(-c2ccccc2)nc2c1CN(C(=O)CC(C)(C)C)CC2. The van der Waals surface area contributed by atoms with Gasteiger partial charge in [0.15, 0.2) is 5.82 Å². The van der Waals surface area contributed by atoms with Crippen molar-refractivity contribution < 1.29 is 4.79 Å². The van der Waals surface area contributed by atoms with Crippen molar-refractivity contribution in [2.45, 2.75) is 60.0 Å². The van der Waals surface area contributed by atoms with Crippen LogP contribution in [0, 0.1) is 5.41 Å². The van der Waals surface area contributed by atoms with E-state index in [0.29, 0.717) is 19.0 Å². The Bertz CT molecular complexity index is 840. The van der Waals surface area contributed by atoms with Crippen LogP contribution in [0.25, 0.3) is 11.4 Å². The third-order valence-electron chi connectivity index (χ3n) is 5.21. The molecule has 0 saturated carbocycles. The molecule has 150 valence electrons. The molecule has 1 amide bonds. The number of carbonyl (C=O) groups is 1. The molecule has 2 aromatic rings. The van der Waals surface area contributed by atoms with Crippen molar-refractivity contribution in [2.24, 2.45) is 5.41 Å². The molecule has 0 N–H and O–H groups in total. The molecule has 0 saturated heterocycles. The topological polar surface area (TPSA) is 49.3 Å². The number of anilines is 1. The largest absolute Gasteiger partial charge is 0.357 e. The Balaban J connectivity index is 1.99. The summed E-state index contributed by atoms with van der Waals surface area (Å²) in [6.07, 6.45) is 1.33. The predicted molar refractivity (Wildman–Crippen MR) is 114 cm³/mol. The zero-order valence-electron chi connectivity index (χ0n) is 18.0. The van der Waals surface area contributed by atoms with Gasteiger partial charge in [0, 0.05) is 43.6 Å². The summed E-state index contributed by atoms with van der Waals surface area (Å²) in [6, 6.07) is 10.4. The minimum absolute atomic E-state index is 0.0113. The van der Waals surface area contributed by atoms with Crippen LogP contribution in [0.1, 0.15) is 52.3 Å². The summed E-state index contributed by atoms with van der Waals surface area (Å²) in [5.74, 6) is 1.91. The van der Waals surface area contributed by atoms with Gasteiger partial charge in [-0.15, -0.1) is 0 Å². The maximum Gasteiger partial charge on any atom is 0.223 e. The molecule has 0 aliphatic carbocycles. The Morgan fingerprint density at radius 2 is 1.86 bits per heavy atom. The number of hydrogen-bond acceptors (Lipinski definition) is 4. The highest BCUT2D eigenvalue weighted by atomic mass is 16.2. The standard InChI is InChI=1S/C23H32N4O/c1-16(2)26(6)22-18-15-27(20(28)14-23(3,4)5)13-12-19(18)24-21(25-22)17-10-8-7-9-11-17/h7-11,16H,12-15H2,1-6H3. The molecule has 0 fully saturated rings. The summed E-state index contributed by atoms with van der Waals surface area (Å²) in [5.41, 5.74) is 3.17. The molecule has 3 rings (SSSR count). The molecule has 1 aliphatic rings. The van der Waals surface area contributed by atoms with E-state index in [1.54, 1.807) is 0 Å². The number of amides is 1. The normalized spacial score (nSPS) is 14.2. The van der Waals surface area contributed by atoms with Crippen LogP contribution in [-0.2, 0) is 17.8 Å². The van der Waals surface area contributed by atoms with Crippen LogP contribution in [-0.4, -0.2) is 40.4 Å². The average Bonchev–Trinajstić information content (AvgIpc) is 2.65. The summed E-state index contributed by atoms with van der Waals surface area (Å²) >= 11 is 0. The van der Waals surface area contributed by atoms with Crippen molar-refractivity contribution in [3.63, 3.8) is 0 Å². The van der Waals surface area contributed by atoms with E-state index in [-0.39, 0.29) is 11.3 Å². The smallest absolute Gasteiger partial charge is 0.223 e. The fraction of sp³-hybridized carbons (Fsp3) is 0.522. The van der Waals surface area contributed by atoms with E-state index in [9.17, 15) is 4.79 Å². The van der Waals surface area contributed by atoms with Gasteiger partial charge >= 0.3 is 0 Å². The molecule has 1 aromatic heterocycles. The highest BCUT2D eigenvalue weighted by Crippen LogP contribution is 2.31. The van der Waals surface area contributed by atoms with Crippen molar-refractivity contribution in [1.82, 2.24) is 14.9 Å². The molecule has 0 atom stereocenters. The van der Waals surface area contributed by atoms with Crippen molar-refractivity contribution in [3.05, 3.63) is 41.6 Å². The zero-order chi connectivity index (χ0) is 20.5. The van der Waals surface area contributed by atoms with Crippen LogP contribution in [0.3, 0.4) is 0 Å². The molecular formula is C23H32N4O. The van der Waals surface area contributed by atoms with Crippen molar-refractivity contribution >= 4 is 11.7 Å². The molecule has 0 unspecified atom stereocenters. The first kappa shape index (κ1) is 20.3. The van der Waals surface area contributed by atoms with Crippen LogP contribution in [0.5, 0.6) is 0 Å². The van der Waals surface area contributed by atoms with Crippen molar-refractivity contribution in [2.75, 3.05) is 18.5 Å². The van der Waals surface area contributed by atoms with Gasteiger partial charge in [0.05, 0.1) is 12.2 Å². The lowest BCUT2D eigenvalue weighted by atomic mass is 9.91. The van der Waals surface area contributed by atoms with Crippen molar-refractivity contribution in [3.8, 4) is 11.4 Å². The second-order valence-corrected chi connectivity index (χ2v) is 9.17. The Morgan fingerprint density at radius 1 is 1.18 bits per heavy atom. The minimum atomic E-state index is -0.0113. The van der Waals surface area contributed by atoms with Gasteiger partial charge in [0.1, 0.15) is 5.82 Å². The van der Waals surface area contributed by atoms with Crippen LogP contribution in [0.4, 0.5) is 5.82 Å². The number of carbonyl (C=O) groups excluding carboxylic acids is 1. The van der Waals surface area contributed by atoms with E-state index in [2.05, 4.69) is 46.6 Å². The maximum atomic E-state index is 12.8. The zero-order valence-corrected chi connectivity index (χ0v) is 18.0. The lowest BCUT2D eigenvalue weighted by molar-refractivity contribution is -0.134. The molecule has 5 nitrogen and oxygen atoms in total. The lowest BCUT2D eigenvalue weighted by Crippen LogP contribution is -2.39. The molecule has 5 heteroatoms. The van der Waals surface area contributed by atoms with E-state index >= 15 is 0 Å². The Morgan fingerprint density at radius 3 is 2.46 bits per heavy atom. The van der Waals surface area contributed by atoms with Gasteiger partial charge in [-0.3, -0.25) is 4.79 Å². The number of benzene rings is 1. The highest BCUT2D eigenvalue weighted by molar-refractivity contribution is 5.77. The quantitative estimate of drug-likeness (QED) is 0.793.